The van der Waals surface area contributed by atoms with Crippen molar-refractivity contribution >= 4 is 11.8 Å². The molecule has 0 aromatic rings. The number of carbonyl (C=O) groups excluding carboxylic acids is 2. The van der Waals surface area contributed by atoms with E-state index >= 15 is 0 Å². The lowest BCUT2D eigenvalue weighted by Crippen LogP contribution is -2.55. The molecule has 1 aliphatic heterocycles. The van der Waals surface area contributed by atoms with Gasteiger partial charge in [-0.1, -0.05) is 0 Å². The second kappa shape index (κ2) is 5.30. The number of nitrogens with zero attached hydrogens (tertiary/aromatic N) is 1. The highest BCUT2D eigenvalue weighted by atomic mass is 19.4. The number of carbonyl (C=O) groups is 2. The molecular weight excluding hydrogens is 275 g/mol. The number of piperidine rings is 1. The van der Waals surface area contributed by atoms with E-state index < -0.39 is 18.0 Å². The van der Waals surface area contributed by atoms with Crippen molar-refractivity contribution in [3.63, 3.8) is 0 Å². The SMILES string of the molecule is CC(=O)NC1CCN(C(=O)C(F)(F)C(F)(F)F)CC1. The molecule has 0 atom stereocenters. The molecule has 19 heavy (non-hydrogen) atoms. The van der Waals surface area contributed by atoms with Crippen LogP contribution in [0.1, 0.15) is 19.8 Å². The Morgan fingerprint density at radius 1 is 1.11 bits per heavy atom. The van der Waals surface area contributed by atoms with Gasteiger partial charge in [0.15, 0.2) is 0 Å². The third kappa shape index (κ3) is 3.54. The summed E-state index contributed by atoms with van der Waals surface area (Å²) in [5.41, 5.74) is 0. The van der Waals surface area contributed by atoms with E-state index in [0.29, 0.717) is 4.90 Å². The molecule has 0 unspecified atom stereocenters. The van der Waals surface area contributed by atoms with Crippen LogP contribution in [0.25, 0.3) is 0 Å². The first-order chi connectivity index (χ1) is 8.55. The van der Waals surface area contributed by atoms with Gasteiger partial charge in [-0.2, -0.15) is 22.0 Å². The zero-order chi connectivity index (χ0) is 14.8. The van der Waals surface area contributed by atoms with E-state index in [1.807, 2.05) is 0 Å². The van der Waals surface area contributed by atoms with E-state index in [9.17, 15) is 31.5 Å². The molecule has 9 heteroatoms. The molecule has 0 aliphatic carbocycles. The van der Waals surface area contributed by atoms with Crippen LogP contribution in [0.3, 0.4) is 0 Å². The number of nitrogens with one attached hydrogen (secondary N) is 1. The van der Waals surface area contributed by atoms with E-state index in [-0.39, 0.29) is 37.9 Å². The lowest BCUT2D eigenvalue weighted by Gasteiger charge is -2.34. The van der Waals surface area contributed by atoms with Gasteiger partial charge in [-0.3, -0.25) is 9.59 Å². The fraction of sp³-hybridized carbons (Fsp3) is 0.800. The number of alkyl halides is 5. The van der Waals surface area contributed by atoms with E-state index in [2.05, 4.69) is 5.32 Å². The van der Waals surface area contributed by atoms with Gasteiger partial charge in [0.25, 0.3) is 0 Å². The highest BCUT2D eigenvalue weighted by Gasteiger charge is 2.64. The monoisotopic (exact) mass is 288 g/mol. The summed E-state index contributed by atoms with van der Waals surface area (Å²) in [6.07, 6.45) is -5.59. The number of rotatable bonds is 2. The van der Waals surface area contributed by atoms with Gasteiger partial charge in [0.05, 0.1) is 0 Å². The predicted octanol–water partition coefficient (Wildman–Crippen LogP) is 1.31. The van der Waals surface area contributed by atoms with Gasteiger partial charge in [-0.15, -0.1) is 0 Å². The first kappa shape index (κ1) is 15.6. The molecule has 110 valence electrons. The van der Waals surface area contributed by atoms with Crippen LogP contribution in [-0.2, 0) is 9.59 Å². The lowest BCUT2D eigenvalue weighted by molar-refractivity contribution is -0.274. The topological polar surface area (TPSA) is 49.4 Å². The summed E-state index contributed by atoms with van der Waals surface area (Å²) >= 11 is 0. The molecule has 0 radical (unpaired) electrons. The number of likely N-dealkylation sites (tertiary alicyclic amines) is 1. The maximum absolute atomic E-state index is 12.8. The minimum Gasteiger partial charge on any atom is -0.353 e. The van der Waals surface area contributed by atoms with Crippen LogP contribution in [0, 0.1) is 0 Å². The Morgan fingerprint density at radius 3 is 1.95 bits per heavy atom. The van der Waals surface area contributed by atoms with Gasteiger partial charge in [0.2, 0.25) is 5.91 Å². The number of hydrogen-bond donors (Lipinski definition) is 1. The highest BCUT2D eigenvalue weighted by Crippen LogP contribution is 2.37. The average molecular weight is 288 g/mol. The van der Waals surface area contributed by atoms with Crippen LogP contribution in [0.4, 0.5) is 22.0 Å². The molecule has 0 aromatic heterocycles. The molecule has 0 aromatic carbocycles. The summed E-state index contributed by atoms with van der Waals surface area (Å²) in [6, 6.07) is -0.305. The Balaban J connectivity index is 2.61. The quantitative estimate of drug-likeness (QED) is 0.779. The standard InChI is InChI=1S/C10H13F5N2O2/c1-6(18)16-7-2-4-17(5-3-7)8(19)9(11,12)10(13,14)15/h7H,2-5H2,1H3,(H,16,18). The average Bonchev–Trinajstić information content (AvgIpc) is 2.26. The van der Waals surface area contributed by atoms with E-state index in [1.165, 1.54) is 6.92 Å². The summed E-state index contributed by atoms with van der Waals surface area (Å²) < 4.78 is 61.8. The van der Waals surface area contributed by atoms with Gasteiger partial charge in [-0.05, 0) is 12.8 Å². The second-order valence-corrected chi connectivity index (χ2v) is 4.34. The van der Waals surface area contributed by atoms with Crippen molar-refractivity contribution in [1.29, 1.82) is 0 Å². The van der Waals surface area contributed by atoms with Crippen molar-refractivity contribution < 1.29 is 31.5 Å². The Hall–Kier alpha value is -1.41. The normalized spacial score (nSPS) is 18.3. The number of halogens is 5. The van der Waals surface area contributed by atoms with Gasteiger partial charge in [0, 0.05) is 26.1 Å². The molecule has 1 rings (SSSR count). The predicted molar refractivity (Wildman–Crippen MR) is 54.4 cm³/mol. The van der Waals surface area contributed by atoms with Crippen molar-refractivity contribution in [3.05, 3.63) is 0 Å². The third-order valence-corrected chi connectivity index (χ3v) is 2.81. The van der Waals surface area contributed by atoms with Crippen LogP contribution in [0.2, 0.25) is 0 Å². The largest absolute Gasteiger partial charge is 0.463 e. The molecule has 1 fully saturated rings. The first-order valence-corrected chi connectivity index (χ1v) is 5.56. The van der Waals surface area contributed by atoms with E-state index in [4.69, 9.17) is 0 Å². The summed E-state index contributed by atoms with van der Waals surface area (Å²) in [5.74, 6) is -7.92. The first-order valence-electron chi connectivity index (χ1n) is 5.56. The molecule has 1 aliphatic rings. The van der Waals surface area contributed by atoms with Crippen molar-refractivity contribution in [2.75, 3.05) is 13.1 Å². The third-order valence-electron chi connectivity index (χ3n) is 2.81. The fourth-order valence-corrected chi connectivity index (χ4v) is 1.83. The maximum atomic E-state index is 12.8. The van der Waals surface area contributed by atoms with Crippen LogP contribution in [-0.4, -0.2) is 47.9 Å². The maximum Gasteiger partial charge on any atom is 0.463 e. The molecule has 0 saturated carbocycles. The Bertz CT molecular complexity index is 361. The molecule has 0 bridgehead atoms. The zero-order valence-corrected chi connectivity index (χ0v) is 10.1. The van der Waals surface area contributed by atoms with Gasteiger partial charge >= 0.3 is 18.0 Å². The Labute approximate surface area is 105 Å². The summed E-state index contributed by atoms with van der Waals surface area (Å²) in [5, 5.41) is 2.52. The number of hydrogen-bond acceptors (Lipinski definition) is 2. The number of amides is 2. The fourth-order valence-electron chi connectivity index (χ4n) is 1.83. The lowest BCUT2D eigenvalue weighted by atomic mass is 10.0. The van der Waals surface area contributed by atoms with Crippen molar-refractivity contribution in [1.82, 2.24) is 10.2 Å². The zero-order valence-electron chi connectivity index (χ0n) is 10.1. The molecule has 2 amide bonds. The summed E-state index contributed by atoms with van der Waals surface area (Å²) in [6.45, 7) is 0.792. The highest BCUT2D eigenvalue weighted by molar-refractivity contribution is 5.84. The van der Waals surface area contributed by atoms with Gasteiger partial charge < -0.3 is 10.2 Å². The van der Waals surface area contributed by atoms with Crippen LogP contribution in [0.15, 0.2) is 0 Å². The van der Waals surface area contributed by atoms with Crippen LogP contribution in [0.5, 0.6) is 0 Å². The van der Waals surface area contributed by atoms with Gasteiger partial charge in [-0.25, -0.2) is 0 Å². The molecule has 1 N–H and O–H groups in total. The van der Waals surface area contributed by atoms with E-state index in [1.54, 1.807) is 0 Å². The molecule has 1 heterocycles. The minimum atomic E-state index is -5.89. The molecule has 1 saturated heterocycles. The minimum absolute atomic E-state index is 0.152. The second-order valence-electron chi connectivity index (χ2n) is 4.34. The molecular formula is C10H13F5N2O2. The van der Waals surface area contributed by atoms with Crippen molar-refractivity contribution in [3.8, 4) is 0 Å². The van der Waals surface area contributed by atoms with Gasteiger partial charge in [0.1, 0.15) is 0 Å². The summed E-state index contributed by atoms with van der Waals surface area (Å²) in [7, 11) is 0. The van der Waals surface area contributed by atoms with Crippen molar-refractivity contribution in [2.24, 2.45) is 0 Å². The summed E-state index contributed by atoms with van der Waals surface area (Å²) in [4.78, 5) is 22.4. The Kier molecular flexibility index (Phi) is 4.36. The smallest absolute Gasteiger partial charge is 0.353 e. The van der Waals surface area contributed by atoms with Crippen LogP contribution >= 0.6 is 0 Å². The molecule has 4 nitrogen and oxygen atoms in total. The van der Waals surface area contributed by atoms with Crippen LogP contribution < -0.4 is 5.32 Å². The van der Waals surface area contributed by atoms with Crippen molar-refractivity contribution in [2.45, 2.75) is 37.9 Å². The molecule has 0 spiro atoms. The Morgan fingerprint density at radius 2 is 1.58 bits per heavy atom. The van der Waals surface area contributed by atoms with E-state index in [0.717, 1.165) is 0 Å².